The highest BCUT2D eigenvalue weighted by Crippen LogP contribution is 2.36. The molecule has 4 heterocycles. The molecule has 15 heteroatoms. The first-order chi connectivity index (χ1) is 16.8. The van der Waals surface area contributed by atoms with Crippen LogP contribution < -0.4 is 19.9 Å². The van der Waals surface area contributed by atoms with Gasteiger partial charge in [0.25, 0.3) is 0 Å². The van der Waals surface area contributed by atoms with Gasteiger partial charge in [-0.05, 0) is 17.7 Å². The maximum atomic E-state index is 13.3. The Morgan fingerprint density at radius 2 is 2.06 bits per heavy atom. The van der Waals surface area contributed by atoms with Crippen molar-refractivity contribution in [3.63, 3.8) is 0 Å². The van der Waals surface area contributed by atoms with Gasteiger partial charge in [0, 0.05) is 29.4 Å². The summed E-state index contributed by atoms with van der Waals surface area (Å²) in [4.78, 5) is 20.0. The van der Waals surface area contributed by atoms with E-state index in [4.69, 9.17) is 14.6 Å². The molecule has 3 N–H and O–H groups in total. The number of rotatable bonds is 4. The van der Waals surface area contributed by atoms with E-state index in [9.17, 15) is 22.2 Å². The Hall–Kier alpha value is -3.72. The average molecular weight is 526 g/mol. The summed E-state index contributed by atoms with van der Waals surface area (Å²) in [5.74, 6) is 0.305. The Balaban J connectivity index is 1.71. The van der Waals surface area contributed by atoms with Crippen LogP contribution in [0.3, 0.4) is 0 Å². The number of carbonyl (C=O) groups is 1. The van der Waals surface area contributed by atoms with E-state index in [0.29, 0.717) is 24.8 Å². The van der Waals surface area contributed by atoms with E-state index in [2.05, 4.69) is 24.7 Å². The number of pyridine rings is 2. The third kappa shape index (κ3) is 5.26. The number of amides is 2. The fraction of sp³-hybridized carbons (Fsp3) is 0.333. The summed E-state index contributed by atoms with van der Waals surface area (Å²) < 4.78 is 68.8. The van der Waals surface area contributed by atoms with Crippen LogP contribution in [-0.4, -0.2) is 43.7 Å². The number of nitrogens with zero attached hydrogens (tertiary/aromatic N) is 5. The summed E-state index contributed by atoms with van der Waals surface area (Å²) >= 11 is 0. The number of hydrogen-bond acceptors (Lipinski definition) is 7. The molecule has 192 valence electrons. The summed E-state index contributed by atoms with van der Waals surface area (Å²) in [6.07, 6.45) is -1.27. The highest BCUT2D eigenvalue weighted by Gasteiger charge is 2.34. The van der Waals surface area contributed by atoms with Gasteiger partial charge in [0.1, 0.15) is 10.6 Å². The smallest absolute Gasteiger partial charge is 0.433 e. The number of carbonyl (C=O) groups excluding carboxylic acids is 1. The molecule has 0 saturated heterocycles. The molecule has 1 aliphatic heterocycles. The van der Waals surface area contributed by atoms with Crippen molar-refractivity contribution >= 4 is 21.6 Å². The van der Waals surface area contributed by atoms with Crippen molar-refractivity contribution in [1.29, 1.82) is 0 Å². The molecule has 0 aliphatic carbocycles. The van der Waals surface area contributed by atoms with Gasteiger partial charge in [-0.15, -0.1) is 4.36 Å². The minimum absolute atomic E-state index is 0.0991. The predicted molar refractivity (Wildman–Crippen MR) is 123 cm³/mol. The van der Waals surface area contributed by atoms with E-state index >= 15 is 0 Å². The lowest BCUT2D eigenvalue weighted by Crippen LogP contribution is -2.33. The highest BCUT2D eigenvalue weighted by molar-refractivity contribution is 7.91. The fourth-order valence-corrected chi connectivity index (χ4v) is 4.48. The molecule has 0 spiro atoms. The quantitative estimate of drug-likeness (QED) is 0.528. The van der Waals surface area contributed by atoms with Crippen LogP contribution in [0.25, 0.3) is 11.1 Å². The molecule has 0 saturated carbocycles. The largest absolute Gasteiger partial charge is 0.481 e. The standard InChI is InChI=1S/C21H22F3N7O4S/c1-20(2)10-31-18(35-11-20)15(9-28-31)36(25,33)30-19(32)29-14-7-16(21(22,23)24)27-8-13(14)12-4-5-26-17(6-12)34-3/h4-9H,10-11H2,1-3H3,(H3,25,27,29,30,32,33). The lowest BCUT2D eigenvalue weighted by Gasteiger charge is -2.30. The number of alkyl halides is 3. The molecule has 4 rings (SSSR count). The van der Waals surface area contributed by atoms with E-state index in [0.717, 1.165) is 6.20 Å². The fourth-order valence-electron chi connectivity index (χ4n) is 3.47. The van der Waals surface area contributed by atoms with Crippen molar-refractivity contribution in [1.82, 2.24) is 19.7 Å². The van der Waals surface area contributed by atoms with Crippen LogP contribution in [0.1, 0.15) is 19.5 Å². The number of urea groups is 1. The number of fused-ring (bicyclic) bond motifs is 1. The monoisotopic (exact) mass is 525 g/mol. The Morgan fingerprint density at radius 1 is 1.31 bits per heavy atom. The molecule has 0 bridgehead atoms. The SMILES string of the molecule is COc1cc(-c2cnc(C(F)(F)F)cc2NC(=O)N=S(N)(=O)c2cnn3c2OCC(C)(C)C3)ccn1. The van der Waals surface area contributed by atoms with Gasteiger partial charge in [0.2, 0.25) is 11.8 Å². The number of methoxy groups -OCH3 is 1. The van der Waals surface area contributed by atoms with Gasteiger partial charge in [-0.3, -0.25) is 4.98 Å². The van der Waals surface area contributed by atoms with E-state index in [1.807, 2.05) is 13.8 Å². The van der Waals surface area contributed by atoms with Crippen LogP contribution in [-0.2, 0) is 22.6 Å². The van der Waals surface area contributed by atoms with Crippen LogP contribution in [0.2, 0.25) is 0 Å². The lowest BCUT2D eigenvalue weighted by molar-refractivity contribution is -0.141. The molecule has 3 aromatic heterocycles. The Kier molecular flexibility index (Phi) is 6.38. The molecular weight excluding hydrogens is 503 g/mol. The van der Waals surface area contributed by atoms with Crippen molar-refractivity contribution in [2.45, 2.75) is 31.5 Å². The number of anilines is 1. The minimum Gasteiger partial charge on any atom is -0.481 e. The second-order valence-electron chi connectivity index (χ2n) is 8.71. The third-order valence-corrected chi connectivity index (χ3v) is 6.51. The van der Waals surface area contributed by atoms with Crippen LogP contribution in [0.4, 0.5) is 23.7 Å². The first kappa shape index (κ1) is 25.4. The number of hydrogen-bond donors (Lipinski definition) is 2. The second-order valence-corrected chi connectivity index (χ2v) is 10.5. The van der Waals surface area contributed by atoms with Gasteiger partial charge in [-0.1, -0.05) is 13.8 Å². The molecule has 0 aromatic carbocycles. The predicted octanol–water partition coefficient (Wildman–Crippen LogP) is 3.72. The van der Waals surface area contributed by atoms with Gasteiger partial charge in [0.15, 0.2) is 9.92 Å². The number of nitrogens with two attached hydrogens (primary N) is 1. The Labute approximate surface area is 204 Å². The van der Waals surface area contributed by atoms with Gasteiger partial charge in [0.05, 0.1) is 32.1 Å². The van der Waals surface area contributed by atoms with Crippen LogP contribution in [0, 0.1) is 5.41 Å². The zero-order valence-corrected chi connectivity index (χ0v) is 20.2. The Morgan fingerprint density at radius 3 is 2.75 bits per heavy atom. The molecule has 36 heavy (non-hydrogen) atoms. The zero-order chi connectivity index (χ0) is 26.3. The van der Waals surface area contributed by atoms with Crippen molar-refractivity contribution in [2.24, 2.45) is 14.9 Å². The summed E-state index contributed by atoms with van der Waals surface area (Å²) in [6.45, 7) is 4.66. The van der Waals surface area contributed by atoms with Crippen LogP contribution in [0.5, 0.6) is 11.8 Å². The highest BCUT2D eigenvalue weighted by atomic mass is 32.2. The topological polar surface area (TPSA) is 147 Å². The maximum absolute atomic E-state index is 13.3. The van der Waals surface area contributed by atoms with Gasteiger partial charge < -0.3 is 14.8 Å². The lowest BCUT2D eigenvalue weighted by atomic mass is 9.94. The third-order valence-electron chi connectivity index (χ3n) is 5.16. The van der Waals surface area contributed by atoms with E-state index in [-0.39, 0.29) is 33.3 Å². The molecule has 1 aliphatic rings. The number of halogens is 3. The summed E-state index contributed by atoms with van der Waals surface area (Å²) in [5.41, 5.74) is -1.30. The molecule has 11 nitrogen and oxygen atoms in total. The number of nitrogens with one attached hydrogen (secondary N) is 1. The van der Waals surface area contributed by atoms with Crippen LogP contribution >= 0.6 is 0 Å². The molecule has 1 unspecified atom stereocenters. The normalized spacial score (nSPS) is 16.3. The summed E-state index contributed by atoms with van der Waals surface area (Å²) in [6, 6.07) is 2.34. The van der Waals surface area contributed by atoms with Crippen LogP contribution in [0.15, 0.2) is 46.0 Å². The van der Waals surface area contributed by atoms with E-state index in [1.165, 1.54) is 36.3 Å². The molecule has 0 fully saturated rings. The molecular formula is C21H22F3N7O4S. The molecule has 0 radical (unpaired) electrons. The zero-order valence-electron chi connectivity index (χ0n) is 19.4. The number of aromatic nitrogens is 4. The van der Waals surface area contributed by atoms with E-state index in [1.54, 1.807) is 0 Å². The van der Waals surface area contributed by atoms with Crippen molar-refractivity contribution < 1.29 is 31.6 Å². The second kappa shape index (κ2) is 9.05. The molecule has 2 amide bonds. The van der Waals surface area contributed by atoms with Crippen molar-refractivity contribution in [3.8, 4) is 22.9 Å². The molecule has 1 atom stereocenters. The van der Waals surface area contributed by atoms with Gasteiger partial charge >= 0.3 is 12.2 Å². The maximum Gasteiger partial charge on any atom is 0.433 e. The van der Waals surface area contributed by atoms with E-state index < -0.39 is 27.8 Å². The van der Waals surface area contributed by atoms with Gasteiger partial charge in [-0.2, -0.15) is 18.3 Å². The average Bonchev–Trinajstić information content (AvgIpc) is 3.21. The molecule has 3 aromatic rings. The minimum atomic E-state index is -4.78. The summed E-state index contributed by atoms with van der Waals surface area (Å²) in [5, 5.41) is 12.2. The van der Waals surface area contributed by atoms with Gasteiger partial charge in [-0.25, -0.2) is 23.8 Å². The van der Waals surface area contributed by atoms with Crippen molar-refractivity contribution in [3.05, 3.63) is 42.5 Å². The number of ether oxygens (including phenoxy) is 2. The first-order valence-corrected chi connectivity index (χ1v) is 12.0. The first-order valence-electron chi connectivity index (χ1n) is 10.4. The Bertz CT molecular complexity index is 1450. The van der Waals surface area contributed by atoms with Crippen molar-refractivity contribution in [2.75, 3.05) is 19.0 Å². The summed E-state index contributed by atoms with van der Waals surface area (Å²) in [7, 11) is -2.48.